The highest BCUT2D eigenvalue weighted by molar-refractivity contribution is 5.90. The van der Waals surface area contributed by atoms with Crippen molar-refractivity contribution in [2.24, 2.45) is 0 Å². The second-order valence-electron chi connectivity index (χ2n) is 5.16. The van der Waals surface area contributed by atoms with E-state index in [0.29, 0.717) is 24.0 Å². The van der Waals surface area contributed by atoms with Gasteiger partial charge in [0.15, 0.2) is 0 Å². The van der Waals surface area contributed by atoms with Crippen LogP contribution in [0.3, 0.4) is 0 Å². The average Bonchev–Trinajstić information content (AvgIpc) is 3.35. The van der Waals surface area contributed by atoms with Gasteiger partial charge in [0.2, 0.25) is 17.5 Å². The SMILES string of the molecule is O=C(c1ncn[nH]1)N1CCC[C@H]1c1nc(-c2ccccn2)no1. The fraction of sp³-hybridized carbons (Fsp3) is 0.286. The van der Waals surface area contributed by atoms with E-state index in [2.05, 4.69) is 30.3 Å². The van der Waals surface area contributed by atoms with Crippen LogP contribution in [0.5, 0.6) is 0 Å². The number of nitrogens with one attached hydrogen (secondary N) is 1. The summed E-state index contributed by atoms with van der Waals surface area (Å²) >= 11 is 0. The molecule has 1 saturated heterocycles. The van der Waals surface area contributed by atoms with Crippen LogP contribution in [0, 0.1) is 0 Å². The highest BCUT2D eigenvalue weighted by Gasteiger charge is 2.35. The lowest BCUT2D eigenvalue weighted by Gasteiger charge is -2.20. The summed E-state index contributed by atoms with van der Waals surface area (Å²) in [5, 5.41) is 10.3. The van der Waals surface area contributed by atoms with E-state index < -0.39 is 0 Å². The van der Waals surface area contributed by atoms with E-state index in [1.165, 1.54) is 6.33 Å². The molecule has 9 heteroatoms. The molecule has 9 nitrogen and oxygen atoms in total. The molecule has 3 aromatic rings. The Morgan fingerprint density at radius 2 is 2.30 bits per heavy atom. The molecule has 3 aromatic heterocycles. The predicted octanol–water partition coefficient (Wildman–Crippen LogP) is 1.23. The van der Waals surface area contributed by atoms with Gasteiger partial charge in [-0.2, -0.15) is 10.1 Å². The van der Waals surface area contributed by atoms with Gasteiger partial charge in [-0.25, -0.2) is 4.98 Å². The Hall–Kier alpha value is -3.10. The number of H-pyrrole nitrogens is 1. The quantitative estimate of drug-likeness (QED) is 0.773. The standard InChI is InChI=1S/C14H13N7O2/c22-14(12-16-8-17-19-12)21-7-3-5-10(21)13-18-11(20-23-13)9-4-1-2-6-15-9/h1-2,4,6,8,10H,3,5,7H2,(H,16,17,19)/t10-/m0/s1. The zero-order valence-corrected chi connectivity index (χ0v) is 12.1. The average molecular weight is 311 g/mol. The van der Waals surface area contributed by atoms with Crippen molar-refractivity contribution in [3.05, 3.63) is 42.4 Å². The van der Waals surface area contributed by atoms with Crippen molar-refractivity contribution >= 4 is 5.91 Å². The smallest absolute Gasteiger partial charge is 0.291 e. The first-order valence-corrected chi connectivity index (χ1v) is 7.24. The summed E-state index contributed by atoms with van der Waals surface area (Å²) in [4.78, 5) is 26.6. The maximum absolute atomic E-state index is 12.5. The molecule has 23 heavy (non-hydrogen) atoms. The number of hydrogen-bond donors (Lipinski definition) is 1. The van der Waals surface area contributed by atoms with Gasteiger partial charge in [-0.1, -0.05) is 11.2 Å². The Morgan fingerprint density at radius 1 is 1.35 bits per heavy atom. The van der Waals surface area contributed by atoms with Crippen LogP contribution in [-0.4, -0.2) is 47.7 Å². The van der Waals surface area contributed by atoms with E-state index >= 15 is 0 Å². The first-order chi connectivity index (χ1) is 11.3. The van der Waals surface area contributed by atoms with Crippen LogP contribution in [-0.2, 0) is 0 Å². The van der Waals surface area contributed by atoms with E-state index in [1.807, 2.05) is 12.1 Å². The van der Waals surface area contributed by atoms with Crippen LogP contribution >= 0.6 is 0 Å². The number of hydrogen-bond acceptors (Lipinski definition) is 7. The maximum atomic E-state index is 12.5. The van der Waals surface area contributed by atoms with Crippen molar-refractivity contribution in [3.8, 4) is 11.5 Å². The van der Waals surface area contributed by atoms with Crippen molar-refractivity contribution in [2.45, 2.75) is 18.9 Å². The summed E-state index contributed by atoms with van der Waals surface area (Å²) in [6.07, 6.45) is 4.61. The first kappa shape index (κ1) is 13.6. The number of amides is 1. The Morgan fingerprint density at radius 3 is 3.09 bits per heavy atom. The molecule has 0 aliphatic carbocycles. The fourth-order valence-corrected chi connectivity index (χ4v) is 2.68. The third-order valence-electron chi connectivity index (χ3n) is 3.75. The number of likely N-dealkylation sites (tertiary alicyclic amines) is 1. The van der Waals surface area contributed by atoms with E-state index in [0.717, 1.165) is 12.8 Å². The largest absolute Gasteiger partial charge is 0.337 e. The summed E-state index contributed by atoms with van der Waals surface area (Å²) < 4.78 is 5.36. The summed E-state index contributed by atoms with van der Waals surface area (Å²) in [6.45, 7) is 0.617. The van der Waals surface area contributed by atoms with Crippen molar-refractivity contribution in [3.63, 3.8) is 0 Å². The van der Waals surface area contributed by atoms with E-state index in [4.69, 9.17) is 4.52 Å². The van der Waals surface area contributed by atoms with Gasteiger partial charge in [0.05, 0.1) is 0 Å². The minimum atomic E-state index is -0.252. The minimum Gasteiger partial charge on any atom is -0.337 e. The molecular formula is C14H13N7O2. The van der Waals surface area contributed by atoms with E-state index in [9.17, 15) is 4.79 Å². The molecule has 0 aromatic carbocycles. The molecule has 4 heterocycles. The molecule has 1 atom stereocenters. The number of nitrogens with zero attached hydrogens (tertiary/aromatic N) is 6. The molecule has 1 fully saturated rings. The van der Waals surface area contributed by atoms with Gasteiger partial charge >= 0.3 is 0 Å². The zero-order valence-electron chi connectivity index (χ0n) is 12.1. The normalized spacial score (nSPS) is 17.6. The van der Waals surface area contributed by atoms with Gasteiger partial charge in [-0.3, -0.25) is 14.9 Å². The van der Waals surface area contributed by atoms with Crippen LogP contribution in [0.15, 0.2) is 35.2 Å². The summed E-state index contributed by atoms with van der Waals surface area (Å²) in [5.74, 6) is 0.819. The van der Waals surface area contributed by atoms with Crippen LogP contribution in [0.4, 0.5) is 0 Å². The van der Waals surface area contributed by atoms with Crippen LogP contribution < -0.4 is 0 Å². The van der Waals surface area contributed by atoms with Crippen molar-refractivity contribution in [1.29, 1.82) is 0 Å². The molecule has 0 unspecified atom stereocenters. The number of carbonyl (C=O) groups excluding carboxylic acids is 1. The Labute approximate surface area is 130 Å². The second kappa shape index (κ2) is 5.59. The number of rotatable bonds is 3. The molecule has 116 valence electrons. The lowest BCUT2D eigenvalue weighted by Crippen LogP contribution is -2.31. The van der Waals surface area contributed by atoms with Gasteiger partial charge in [-0.05, 0) is 25.0 Å². The molecule has 1 N–H and O–H groups in total. The summed E-state index contributed by atoms with van der Waals surface area (Å²) in [7, 11) is 0. The third-order valence-corrected chi connectivity index (χ3v) is 3.75. The lowest BCUT2D eigenvalue weighted by atomic mass is 10.2. The Kier molecular flexibility index (Phi) is 3.30. The van der Waals surface area contributed by atoms with Crippen LogP contribution in [0.1, 0.15) is 35.4 Å². The summed E-state index contributed by atoms with van der Waals surface area (Å²) in [6, 6.07) is 5.23. The Balaban J connectivity index is 1.60. The Bertz CT molecular complexity index is 800. The van der Waals surface area contributed by atoms with Gasteiger partial charge in [0.1, 0.15) is 18.1 Å². The topological polar surface area (TPSA) is 114 Å². The van der Waals surface area contributed by atoms with Gasteiger partial charge in [0.25, 0.3) is 5.91 Å². The first-order valence-electron chi connectivity index (χ1n) is 7.24. The summed E-state index contributed by atoms with van der Waals surface area (Å²) in [5.41, 5.74) is 0.633. The van der Waals surface area contributed by atoms with Crippen molar-refractivity contribution in [2.75, 3.05) is 6.54 Å². The molecule has 1 aliphatic rings. The fourth-order valence-electron chi connectivity index (χ4n) is 2.68. The minimum absolute atomic E-state index is 0.210. The monoisotopic (exact) mass is 311 g/mol. The van der Waals surface area contributed by atoms with Gasteiger partial charge in [-0.15, -0.1) is 0 Å². The van der Waals surface area contributed by atoms with E-state index in [-0.39, 0.29) is 17.8 Å². The lowest BCUT2D eigenvalue weighted by molar-refractivity contribution is 0.0698. The molecule has 1 aliphatic heterocycles. The van der Waals surface area contributed by atoms with Gasteiger partial charge < -0.3 is 9.42 Å². The third kappa shape index (κ3) is 2.45. The number of pyridine rings is 1. The van der Waals surface area contributed by atoms with Crippen LogP contribution in [0.25, 0.3) is 11.5 Å². The highest BCUT2D eigenvalue weighted by atomic mass is 16.5. The second-order valence-corrected chi connectivity index (χ2v) is 5.16. The predicted molar refractivity (Wildman–Crippen MR) is 76.9 cm³/mol. The van der Waals surface area contributed by atoms with Gasteiger partial charge in [0, 0.05) is 12.7 Å². The number of aromatic amines is 1. The highest BCUT2D eigenvalue weighted by Crippen LogP contribution is 2.32. The molecule has 0 spiro atoms. The van der Waals surface area contributed by atoms with Crippen molar-refractivity contribution in [1.82, 2.24) is 35.2 Å². The number of carbonyl (C=O) groups is 1. The zero-order chi connectivity index (χ0) is 15.6. The molecule has 1 amide bonds. The molecule has 0 bridgehead atoms. The molecule has 0 saturated carbocycles. The molecule has 4 rings (SSSR count). The van der Waals surface area contributed by atoms with Crippen molar-refractivity contribution < 1.29 is 9.32 Å². The molecule has 0 radical (unpaired) electrons. The maximum Gasteiger partial charge on any atom is 0.291 e. The van der Waals surface area contributed by atoms with Crippen LogP contribution in [0.2, 0.25) is 0 Å². The van der Waals surface area contributed by atoms with E-state index in [1.54, 1.807) is 17.2 Å². The molecular weight excluding hydrogens is 298 g/mol. The number of aromatic nitrogens is 6.